The fraction of sp³-hybridized carbons (Fsp3) is 0.897. The summed E-state index contributed by atoms with van der Waals surface area (Å²) in [6, 6.07) is -0.384. The van der Waals surface area contributed by atoms with E-state index < -0.39 is 14.4 Å². The number of nitrogens with one attached hydrogen (secondary N) is 1. The average molecular weight is 706 g/mol. The number of hydrogen-bond donors (Lipinski definition) is 3. The van der Waals surface area contributed by atoms with E-state index in [1.807, 2.05) is 0 Å². The molecule has 2 amide bonds. The maximum absolute atomic E-state index is 12.7. The molecule has 5 aliphatic rings. The topological polar surface area (TPSA) is 125 Å². The number of β-amino-alcohol motifs (C(OH)–C–C–N with tert-alkyl or cyclic N) is 1. The molecule has 1 aliphatic heterocycles. The molecule has 3 saturated carbocycles. The van der Waals surface area contributed by atoms with Crippen molar-refractivity contribution in [3.8, 4) is 0 Å². The van der Waals surface area contributed by atoms with Crippen molar-refractivity contribution >= 4 is 20.3 Å². The third kappa shape index (κ3) is 9.10. The van der Waals surface area contributed by atoms with E-state index in [0.29, 0.717) is 31.2 Å². The maximum atomic E-state index is 12.7. The van der Waals surface area contributed by atoms with Crippen LogP contribution in [0.3, 0.4) is 0 Å². The van der Waals surface area contributed by atoms with Gasteiger partial charge in [0, 0.05) is 30.5 Å². The largest absolute Gasteiger partial charge is 0.694 e. The van der Waals surface area contributed by atoms with Gasteiger partial charge in [0.1, 0.15) is 12.7 Å². The Morgan fingerprint density at radius 1 is 1.04 bits per heavy atom. The van der Waals surface area contributed by atoms with Gasteiger partial charge < -0.3 is 20.1 Å². The highest BCUT2D eigenvalue weighted by molar-refractivity contribution is 7.32. The van der Waals surface area contributed by atoms with E-state index >= 15 is 0 Å². The molecule has 1 saturated heterocycles. The smallest absolute Gasteiger partial charge is 0.446 e. The van der Waals surface area contributed by atoms with E-state index in [1.165, 1.54) is 56.9 Å². The molecule has 0 aromatic heterocycles. The molecule has 9 nitrogen and oxygen atoms in total. The first-order chi connectivity index (χ1) is 23.3. The first kappa shape index (κ1) is 38.7. The van der Waals surface area contributed by atoms with Gasteiger partial charge in [-0.2, -0.15) is 0 Å². The Hall–Kier alpha value is -1.54. The molecule has 0 aromatic rings. The summed E-state index contributed by atoms with van der Waals surface area (Å²) >= 11 is 0. The van der Waals surface area contributed by atoms with E-state index in [2.05, 4.69) is 46.0 Å². The van der Waals surface area contributed by atoms with Crippen molar-refractivity contribution < 1.29 is 33.4 Å². The number of ether oxygens (including phenoxy) is 1. The molecule has 4 aliphatic carbocycles. The van der Waals surface area contributed by atoms with Crippen LogP contribution in [0.4, 0.5) is 4.79 Å². The van der Waals surface area contributed by atoms with Crippen LogP contribution in [0, 0.1) is 46.3 Å². The van der Waals surface area contributed by atoms with Gasteiger partial charge in [-0.1, -0.05) is 72.0 Å². The van der Waals surface area contributed by atoms with Crippen LogP contribution in [0.2, 0.25) is 0 Å². The molecule has 5 rings (SSSR count). The average Bonchev–Trinajstić information content (AvgIpc) is 3.60. The second-order valence-electron chi connectivity index (χ2n) is 17.4. The monoisotopic (exact) mass is 705 g/mol. The standard InChI is InChI=1S/C39H65N2O7P/c1-26(2)10-9-11-27(3)33-15-16-34-32-14-13-28-22-31(17-19-38(28,4)35(32)18-20-39(33,34)5)48-37(44)40-21-8-6-7-12-36(43)41-24-30(42)23-29(41)25-47-49(45)46/h13,26-27,29-35,42H,6-12,14-25H2,1-5H3,(H-,40,44,45,46)/p+1/t27-,29?,30?,31+,32+,33-,34+,35+,38+,39-/m1/s1. The van der Waals surface area contributed by atoms with Gasteiger partial charge in [0.2, 0.25) is 5.91 Å². The first-order valence-corrected chi connectivity index (χ1v) is 20.9. The van der Waals surface area contributed by atoms with Gasteiger partial charge in [-0.25, -0.2) is 4.79 Å². The number of aliphatic hydroxyl groups excluding tert-OH is 1. The lowest BCUT2D eigenvalue weighted by atomic mass is 9.47. The van der Waals surface area contributed by atoms with Gasteiger partial charge in [0.25, 0.3) is 0 Å². The Morgan fingerprint density at radius 2 is 1.84 bits per heavy atom. The highest BCUT2D eigenvalue weighted by Gasteiger charge is 2.59. The van der Waals surface area contributed by atoms with E-state index in [1.54, 1.807) is 4.90 Å². The maximum Gasteiger partial charge on any atom is 0.694 e. The molecule has 0 bridgehead atoms. The van der Waals surface area contributed by atoms with Gasteiger partial charge in [-0.3, -0.25) is 4.79 Å². The van der Waals surface area contributed by atoms with Crippen LogP contribution in [0.15, 0.2) is 11.6 Å². The summed E-state index contributed by atoms with van der Waals surface area (Å²) in [5.74, 6) is 4.82. The number of likely N-dealkylation sites (tertiary alicyclic amines) is 1. The summed E-state index contributed by atoms with van der Waals surface area (Å²) in [6.07, 6.45) is 18.1. The Morgan fingerprint density at radius 3 is 2.59 bits per heavy atom. The Balaban J connectivity index is 1.02. The number of fused-ring (bicyclic) bond motifs is 5. The van der Waals surface area contributed by atoms with Crippen LogP contribution in [0.5, 0.6) is 0 Å². The SMILES string of the molecule is CC(C)CCC[C@@H](C)[C@H]1CC[C@H]2[C@@H]3CC=C4C[C@@H](OC(=O)NCCCCCC(=O)N5CC(O)CC5CO[P+](=O)O)CC[C@]4(C)[C@H]3CC[C@]12C. The Labute approximate surface area is 296 Å². The predicted molar refractivity (Wildman–Crippen MR) is 192 cm³/mol. The Bertz CT molecular complexity index is 1200. The second-order valence-corrected chi connectivity index (χ2v) is 18.2. The molecule has 11 atom stereocenters. The molecule has 0 aromatic carbocycles. The molecule has 3 N–H and O–H groups in total. The molecular weight excluding hydrogens is 639 g/mol. The molecule has 0 spiro atoms. The van der Waals surface area contributed by atoms with Crippen LogP contribution in [-0.2, 0) is 18.6 Å². The number of aliphatic hydroxyl groups is 1. The van der Waals surface area contributed by atoms with E-state index in [-0.39, 0.29) is 42.7 Å². The minimum absolute atomic E-state index is 0.0578. The summed E-state index contributed by atoms with van der Waals surface area (Å²) in [7, 11) is -2.73. The quantitative estimate of drug-likeness (QED) is 0.0889. The summed E-state index contributed by atoms with van der Waals surface area (Å²) in [6.45, 7) is 13.1. The van der Waals surface area contributed by atoms with E-state index in [9.17, 15) is 19.3 Å². The van der Waals surface area contributed by atoms with Crippen molar-refractivity contribution in [2.24, 2.45) is 46.3 Å². The highest BCUT2D eigenvalue weighted by atomic mass is 31.1. The summed E-state index contributed by atoms with van der Waals surface area (Å²) < 4.78 is 21.6. The van der Waals surface area contributed by atoms with Crippen molar-refractivity contribution in [3.05, 3.63) is 11.6 Å². The molecule has 4 fully saturated rings. The minimum atomic E-state index is -2.73. The normalized spacial score (nSPS) is 36.4. The molecule has 10 heteroatoms. The molecule has 278 valence electrons. The van der Waals surface area contributed by atoms with Gasteiger partial charge in [0.05, 0.1) is 12.1 Å². The summed E-state index contributed by atoms with van der Waals surface area (Å²) in [5.41, 5.74) is 2.26. The number of unbranched alkanes of at least 4 members (excludes halogenated alkanes) is 2. The molecular formula is C39H66N2O7P+. The second kappa shape index (κ2) is 16.9. The van der Waals surface area contributed by atoms with Gasteiger partial charge in [-0.15, -0.1) is 9.42 Å². The number of amides is 2. The van der Waals surface area contributed by atoms with E-state index in [4.69, 9.17) is 14.2 Å². The van der Waals surface area contributed by atoms with Gasteiger partial charge in [0.15, 0.2) is 0 Å². The van der Waals surface area contributed by atoms with Crippen molar-refractivity contribution in [1.82, 2.24) is 10.2 Å². The zero-order valence-electron chi connectivity index (χ0n) is 31.0. The first-order valence-electron chi connectivity index (χ1n) is 19.7. The predicted octanol–water partition coefficient (Wildman–Crippen LogP) is 8.31. The van der Waals surface area contributed by atoms with Crippen LogP contribution < -0.4 is 5.32 Å². The lowest BCUT2D eigenvalue weighted by molar-refractivity contribution is -0.133. The van der Waals surface area contributed by atoms with Crippen LogP contribution in [0.25, 0.3) is 0 Å². The van der Waals surface area contributed by atoms with Gasteiger partial charge in [-0.05, 0) is 111 Å². The number of hydrogen-bond acceptors (Lipinski definition) is 6. The van der Waals surface area contributed by atoms with Crippen LogP contribution >= 0.6 is 8.25 Å². The number of carbonyl (C=O) groups excluding carboxylic acids is 2. The lowest BCUT2D eigenvalue weighted by Crippen LogP contribution is -2.51. The summed E-state index contributed by atoms with van der Waals surface area (Å²) in [5, 5.41) is 12.9. The zero-order valence-corrected chi connectivity index (χ0v) is 31.9. The lowest BCUT2D eigenvalue weighted by Gasteiger charge is -2.58. The van der Waals surface area contributed by atoms with E-state index in [0.717, 1.165) is 67.6 Å². The third-order valence-corrected chi connectivity index (χ3v) is 14.3. The molecule has 49 heavy (non-hydrogen) atoms. The number of carbonyl (C=O) groups is 2. The molecule has 0 radical (unpaired) electrons. The van der Waals surface area contributed by atoms with Crippen molar-refractivity contribution in [2.75, 3.05) is 19.7 Å². The number of alkyl carbamates (subject to hydrolysis) is 1. The molecule has 1 heterocycles. The Kier molecular flexibility index (Phi) is 13.3. The number of allylic oxidation sites excluding steroid dienone is 1. The van der Waals surface area contributed by atoms with Crippen LogP contribution in [0.1, 0.15) is 137 Å². The van der Waals surface area contributed by atoms with Crippen molar-refractivity contribution in [3.63, 3.8) is 0 Å². The fourth-order valence-electron chi connectivity index (χ4n) is 11.4. The summed E-state index contributed by atoms with van der Waals surface area (Å²) in [4.78, 5) is 35.9. The van der Waals surface area contributed by atoms with Gasteiger partial charge >= 0.3 is 14.3 Å². The fourth-order valence-corrected chi connectivity index (χ4v) is 11.7. The minimum Gasteiger partial charge on any atom is -0.446 e. The van der Waals surface area contributed by atoms with Crippen molar-refractivity contribution in [1.29, 1.82) is 0 Å². The zero-order chi connectivity index (χ0) is 35.3. The third-order valence-electron chi connectivity index (χ3n) is 14.0. The molecule has 3 unspecified atom stereocenters. The highest BCUT2D eigenvalue weighted by Crippen LogP contribution is 2.67. The number of rotatable bonds is 15. The van der Waals surface area contributed by atoms with Crippen molar-refractivity contribution in [2.45, 2.75) is 156 Å². The van der Waals surface area contributed by atoms with Crippen LogP contribution in [-0.4, -0.2) is 64.8 Å². The number of nitrogens with zero attached hydrogens (tertiary/aromatic N) is 1.